The largest absolute Gasteiger partial charge is 0.486 e. The number of hydrogen-bond acceptors (Lipinski definition) is 4. The minimum atomic E-state index is -0.186. The second kappa shape index (κ2) is 5.47. The molecule has 1 aromatic carbocycles. The summed E-state index contributed by atoms with van der Waals surface area (Å²) in [6.45, 7) is 2.73. The van der Waals surface area contributed by atoms with Gasteiger partial charge in [0.1, 0.15) is 12.3 Å². The molecule has 1 atom stereocenters. The molecule has 0 aliphatic carbocycles. The van der Waals surface area contributed by atoms with Crippen molar-refractivity contribution < 1.29 is 14.3 Å². The van der Waals surface area contributed by atoms with Gasteiger partial charge >= 0.3 is 0 Å². The molecular weight excluding hydrogens is 270 g/mol. The monoisotopic (exact) mass is 287 g/mol. The summed E-state index contributed by atoms with van der Waals surface area (Å²) >= 11 is 0. The van der Waals surface area contributed by atoms with E-state index in [4.69, 9.17) is 9.47 Å². The summed E-state index contributed by atoms with van der Waals surface area (Å²) in [7, 11) is 1.73. The Balaban J connectivity index is 1.63. The molecule has 2 aromatic rings. The molecule has 0 unspecified atom stereocenters. The minimum Gasteiger partial charge on any atom is -0.486 e. The van der Waals surface area contributed by atoms with E-state index in [9.17, 15) is 4.79 Å². The number of nitrogens with one attached hydrogen (secondary N) is 1. The van der Waals surface area contributed by atoms with E-state index in [1.54, 1.807) is 18.0 Å². The Hall–Kier alpha value is -2.50. The number of H-pyrrole nitrogens is 1. The van der Waals surface area contributed by atoms with Crippen molar-refractivity contribution in [3.63, 3.8) is 0 Å². The Morgan fingerprint density at radius 1 is 1.43 bits per heavy atom. The highest BCUT2D eigenvalue weighted by atomic mass is 16.6. The molecule has 1 aliphatic rings. The first kappa shape index (κ1) is 13.5. The fourth-order valence-corrected chi connectivity index (χ4v) is 2.26. The molecule has 0 fully saturated rings. The van der Waals surface area contributed by atoms with Crippen molar-refractivity contribution in [3.05, 3.63) is 41.7 Å². The lowest BCUT2D eigenvalue weighted by Crippen LogP contribution is -2.41. The molecule has 6 heteroatoms. The fourth-order valence-electron chi connectivity index (χ4n) is 2.26. The van der Waals surface area contributed by atoms with Crippen LogP contribution in [-0.2, 0) is 0 Å². The number of carbonyl (C=O) groups is 1. The van der Waals surface area contributed by atoms with Gasteiger partial charge in [0.05, 0.1) is 6.54 Å². The summed E-state index contributed by atoms with van der Waals surface area (Å²) in [6.07, 6.45) is -0.186. The summed E-state index contributed by atoms with van der Waals surface area (Å²) in [5, 5.41) is 6.75. The zero-order valence-corrected chi connectivity index (χ0v) is 12.0. The number of aromatic amines is 1. The van der Waals surface area contributed by atoms with Crippen molar-refractivity contribution in [1.82, 2.24) is 15.1 Å². The zero-order valence-electron chi connectivity index (χ0n) is 12.0. The summed E-state index contributed by atoms with van der Waals surface area (Å²) in [4.78, 5) is 13.8. The highest BCUT2D eigenvalue weighted by molar-refractivity contribution is 5.92. The second-order valence-electron chi connectivity index (χ2n) is 5.12. The third-order valence-corrected chi connectivity index (χ3v) is 3.32. The van der Waals surface area contributed by atoms with Gasteiger partial charge in [-0.2, -0.15) is 5.10 Å². The number of nitrogens with zero attached hydrogens (tertiary/aromatic N) is 2. The van der Waals surface area contributed by atoms with E-state index in [1.807, 2.05) is 31.2 Å². The van der Waals surface area contributed by atoms with Crippen LogP contribution in [-0.4, -0.2) is 47.3 Å². The van der Waals surface area contributed by atoms with Crippen LogP contribution in [0.1, 0.15) is 16.2 Å². The molecule has 0 radical (unpaired) electrons. The Bertz CT molecular complexity index is 653. The first-order valence-electron chi connectivity index (χ1n) is 6.79. The van der Waals surface area contributed by atoms with Crippen LogP contribution < -0.4 is 9.47 Å². The fraction of sp³-hybridized carbons (Fsp3) is 0.333. The zero-order chi connectivity index (χ0) is 14.8. The molecule has 1 amide bonds. The Morgan fingerprint density at radius 3 is 2.90 bits per heavy atom. The average Bonchev–Trinajstić information content (AvgIpc) is 2.93. The van der Waals surface area contributed by atoms with Crippen molar-refractivity contribution in [2.24, 2.45) is 0 Å². The van der Waals surface area contributed by atoms with E-state index < -0.39 is 0 Å². The summed E-state index contributed by atoms with van der Waals surface area (Å²) < 4.78 is 11.5. The standard InChI is InChI=1S/C15H17N3O3/c1-10-7-12(17-16-10)15(19)18(2)8-11-9-20-13-5-3-4-6-14(13)21-11/h3-7,11H,8-9H2,1-2H3,(H,16,17)/t11-/m1/s1. The number of rotatable bonds is 3. The van der Waals surface area contributed by atoms with E-state index >= 15 is 0 Å². The van der Waals surface area contributed by atoms with Crippen molar-refractivity contribution in [1.29, 1.82) is 0 Å². The quantitative estimate of drug-likeness (QED) is 0.931. The second-order valence-corrected chi connectivity index (χ2v) is 5.12. The molecule has 1 aliphatic heterocycles. The molecule has 0 saturated heterocycles. The predicted octanol–water partition coefficient (Wildman–Crippen LogP) is 1.63. The van der Waals surface area contributed by atoms with Gasteiger partial charge < -0.3 is 14.4 Å². The van der Waals surface area contributed by atoms with Gasteiger partial charge in [0.2, 0.25) is 0 Å². The van der Waals surface area contributed by atoms with Gasteiger partial charge in [-0.05, 0) is 25.1 Å². The number of likely N-dealkylation sites (N-methyl/N-ethyl adjacent to an activating group) is 1. The third kappa shape index (κ3) is 2.84. The van der Waals surface area contributed by atoms with E-state index in [0.29, 0.717) is 24.6 Å². The SMILES string of the molecule is Cc1cc(C(=O)N(C)C[C@@H]2COc3ccccc3O2)n[nH]1. The van der Waals surface area contributed by atoms with Gasteiger partial charge in [-0.25, -0.2) is 0 Å². The van der Waals surface area contributed by atoms with E-state index in [2.05, 4.69) is 10.2 Å². The van der Waals surface area contributed by atoms with Gasteiger partial charge in [0.25, 0.3) is 5.91 Å². The molecule has 0 spiro atoms. The number of fused-ring (bicyclic) bond motifs is 1. The third-order valence-electron chi connectivity index (χ3n) is 3.32. The minimum absolute atomic E-state index is 0.137. The lowest BCUT2D eigenvalue weighted by Gasteiger charge is -2.29. The van der Waals surface area contributed by atoms with Crippen molar-refractivity contribution in [2.75, 3.05) is 20.2 Å². The molecule has 1 aromatic heterocycles. The van der Waals surface area contributed by atoms with Gasteiger partial charge in [0.15, 0.2) is 17.6 Å². The summed E-state index contributed by atoms with van der Waals surface area (Å²) in [5.74, 6) is 1.32. The van der Waals surface area contributed by atoms with E-state index in [-0.39, 0.29) is 12.0 Å². The van der Waals surface area contributed by atoms with Crippen LogP contribution in [0.15, 0.2) is 30.3 Å². The van der Waals surface area contributed by atoms with Gasteiger partial charge in [-0.3, -0.25) is 9.89 Å². The van der Waals surface area contributed by atoms with Crippen LogP contribution in [0.3, 0.4) is 0 Å². The number of hydrogen-bond donors (Lipinski definition) is 1. The summed E-state index contributed by atoms with van der Waals surface area (Å²) in [5.41, 5.74) is 1.27. The van der Waals surface area contributed by atoms with Crippen LogP contribution >= 0.6 is 0 Å². The van der Waals surface area contributed by atoms with Crippen LogP contribution in [0.25, 0.3) is 0 Å². The molecule has 110 valence electrons. The first-order valence-corrected chi connectivity index (χ1v) is 6.79. The number of aryl methyl sites for hydroxylation is 1. The van der Waals surface area contributed by atoms with Gasteiger partial charge in [-0.1, -0.05) is 12.1 Å². The molecule has 2 heterocycles. The lowest BCUT2D eigenvalue weighted by molar-refractivity contribution is 0.0517. The smallest absolute Gasteiger partial charge is 0.274 e. The molecule has 3 rings (SSSR count). The maximum Gasteiger partial charge on any atom is 0.274 e. The number of carbonyl (C=O) groups excluding carboxylic acids is 1. The van der Waals surface area contributed by atoms with E-state index in [1.165, 1.54) is 0 Å². The Labute approximate surface area is 122 Å². The molecule has 0 saturated carbocycles. The van der Waals surface area contributed by atoms with Crippen LogP contribution in [0.5, 0.6) is 11.5 Å². The van der Waals surface area contributed by atoms with Crippen LogP contribution in [0, 0.1) is 6.92 Å². The number of amides is 1. The van der Waals surface area contributed by atoms with E-state index in [0.717, 1.165) is 11.4 Å². The number of aromatic nitrogens is 2. The number of benzene rings is 1. The lowest BCUT2D eigenvalue weighted by atomic mass is 10.2. The van der Waals surface area contributed by atoms with Gasteiger partial charge in [-0.15, -0.1) is 0 Å². The average molecular weight is 287 g/mol. The van der Waals surface area contributed by atoms with Crippen LogP contribution in [0.4, 0.5) is 0 Å². The first-order chi connectivity index (χ1) is 10.1. The van der Waals surface area contributed by atoms with Crippen molar-refractivity contribution >= 4 is 5.91 Å². The number of ether oxygens (including phenoxy) is 2. The normalized spacial score (nSPS) is 16.6. The van der Waals surface area contributed by atoms with Crippen LogP contribution in [0.2, 0.25) is 0 Å². The molecule has 1 N–H and O–H groups in total. The molecule has 21 heavy (non-hydrogen) atoms. The molecular formula is C15H17N3O3. The maximum absolute atomic E-state index is 12.2. The highest BCUT2D eigenvalue weighted by Gasteiger charge is 2.24. The molecule has 0 bridgehead atoms. The highest BCUT2D eigenvalue weighted by Crippen LogP contribution is 2.30. The van der Waals surface area contributed by atoms with Gasteiger partial charge in [0, 0.05) is 12.7 Å². The Kier molecular flexibility index (Phi) is 3.51. The van der Waals surface area contributed by atoms with Crippen molar-refractivity contribution in [3.8, 4) is 11.5 Å². The number of para-hydroxylation sites is 2. The topological polar surface area (TPSA) is 67.5 Å². The Morgan fingerprint density at radius 2 is 2.19 bits per heavy atom. The van der Waals surface area contributed by atoms with Crippen molar-refractivity contribution in [2.45, 2.75) is 13.0 Å². The molecule has 6 nitrogen and oxygen atoms in total. The predicted molar refractivity (Wildman–Crippen MR) is 76.6 cm³/mol. The summed E-state index contributed by atoms with van der Waals surface area (Å²) in [6, 6.07) is 9.25. The maximum atomic E-state index is 12.2.